The van der Waals surface area contributed by atoms with Crippen LogP contribution < -0.4 is 15.0 Å². The molecule has 1 unspecified atom stereocenters. The molecule has 2 fully saturated rings. The van der Waals surface area contributed by atoms with Gasteiger partial charge in [0.05, 0.1) is 18.8 Å². The van der Waals surface area contributed by atoms with Crippen molar-refractivity contribution in [3.63, 3.8) is 0 Å². The Morgan fingerprint density at radius 3 is 2.68 bits per heavy atom. The number of anilines is 1. The van der Waals surface area contributed by atoms with Crippen molar-refractivity contribution in [3.8, 4) is 5.75 Å². The fourth-order valence-corrected chi connectivity index (χ4v) is 4.19. The van der Waals surface area contributed by atoms with Crippen LogP contribution in [0.4, 0.5) is 10.1 Å². The molecule has 0 aliphatic carbocycles. The third-order valence-corrected chi connectivity index (χ3v) is 5.64. The van der Waals surface area contributed by atoms with Crippen LogP contribution in [0.1, 0.15) is 34.8 Å². The van der Waals surface area contributed by atoms with Crippen LogP contribution in [0.2, 0.25) is 0 Å². The van der Waals surface area contributed by atoms with E-state index in [0.29, 0.717) is 30.9 Å². The minimum atomic E-state index is -0.322. The number of benzene rings is 2. The largest absolute Gasteiger partial charge is 0.496 e. The predicted molar refractivity (Wildman–Crippen MR) is 107 cm³/mol. The van der Waals surface area contributed by atoms with E-state index in [9.17, 15) is 9.18 Å². The summed E-state index contributed by atoms with van der Waals surface area (Å²) < 4.78 is 20.2. The number of methoxy groups -OCH3 is 1. The number of nitrogens with zero attached hydrogens (tertiary/aromatic N) is 2. The maximum Gasteiger partial charge on any atom is 0.254 e. The summed E-state index contributed by atoms with van der Waals surface area (Å²) in [5.74, 6) is 0.283. The number of para-hydroxylation sites is 1. The minimum Gasteiger partial charge on any atom is -0.496 e. The van der Waals surface area contributed by atoms with Crippen LogP contribution in [0.3, 0.4) is 0 Å². The first kappa shape index (κ1) is 18.7. The number of nitrogens with one attached hydrogen (secondary N) is 1. The van der Waals surface area contributed by atoms with Gasteiger partial charge in [0.15, 0.2) is 0 Å². The highest BCUT2D eigenvalue weighted by atomic mass is 19.1. The average Bonchev–Trinajstić information content (AvgIpc) is 3.27. The van der Waals surface area contributed by atoms with Crippen molar-refractivity contribution in [2.75, 3.05) is 44.7 Å². The standard InChI is InChI=1S/C22H26FN3O2/c1-28-21-7-3-2-6-17(21)20-15-24-10-13-26(20)22(27)16-8-9-19(18(23)14-16)25-11-4-5-12-25/h2-3,6-9,14,20,24H,4-5,10-13,15H2,1H3. The normalized spacial score (nSPS) is 19.7. The fraction of sp³-hybridized carbons (Fsp3) is 0.409. The third kappa shape index (κ3) is 3.56. The van der Waals surface area contributed by atoms with Crippen LogP contribution in [0.15, 0.2) is 42.5 Å². The number of carbonyl (C=O) groups is 1. The molecule has 1 atom stereocenters. The predicted octanol–water partition coefficient (Wildman–Crippen LogP) is 3.22. The fourth-order valence-electron chi connectivity index (χ4n) is 4.19. The monoisotopic (exact) mass is 383 g/mol. The van der Waals surface area contributed by atoms with Crippen molar-refractivity contribution >= 4 is 11.6 Å². The van der Waals surface area contributed by atoms with E-state index in [1.807, 2.05) is 34.1 Å². The van der Waals surface area contributed by atoms with Gasteiger partial charge in [0, 0.05) is 43.9 Å². The molecular formula is C22H26FN3O2. The number of carbonyl (C=O) groups excluding carboxylic acids is 1. The van der Waals surface area contributed by atoms with Crippen LogP contribution in [-0.4, -0.2) is 50.6 Å². The maximum absolute atomic E-state index is 14.7. The van der Waals surface area contributed by atoms with Gasteiger partial charge < -0.3 is 19.9 Å². The minimum absolute atomic E-state index is 0.149. The molecule has 5 nitrogen and oxygen atoms in total. The molecule has 2 aliphatic rings. The van der Waals surface area contributed by atoms with Gasteiger partial charge in [-0.3, -0.25) is 4.79 Å². The SMILES string of the molecule is COc1ccccc1C1CNCCN1C(=O)c1ccc(N2CCCC2)c(F)c1. The molecule has 0 saturated carbocycles. The number of amides is 1. The van der Waals surface area contributed by atoms with Gasteiger partial charge >= 0.3 is 0 Å². The second kappa shape index (κ2) is 8.19. The molecule has 6 heteroatoms. The topological polar surface area (TPSA) is 44.8 Å². The van der Waals surface area contributed by atoms with Gasteiger partial charge in [-0.05, 0) is 37.1 Å². The number of hydrogen-bond donors (Lipinski definition) is 1. The van der Waals surface area contributed by atoms with Gasteiger partial charge in [-0.2, -0.15) is 0 Å². The summed E-state index contributed by atoms with van der Waals surface area (Å²) in [7, 11) is 1.63. The molecule has 2 saturated heterocycles. The highest BCUT2D eigenvalue weighted by Crippen LogP contribution is 2.32. The van der Waals surface area contributed by atoms with Gasteiger partial charge in [0.25, 0.3) is 5.91 Å². The van der Waals surface area contributed by atoms with Crippen molar-refractivity contribution in [2.45, 2.75) is 18.9 Å². The molecule has 1 amide bonds. The van der Waals surface area contributed by atoms with Crippen LogP contribution >= 0.6 is 0 Å². The lowest BCUT2D eigenvalue weighted by Crippen LogP contribution is -2.48. The number of rotatable bonds is 4. The Kier molecular flexibility index (Phi) is 5.48. The summed E-state index contributed by atoms with van der Waals surface area (Å²) in [6.07, 6.45) is 2.17. The van der Waals surface area contributed by atoms with Gasteiger partial charge in [-0.1, -0.05) is 18.2 Å². The number of ether oxygens (including phenoxy) is 1. The second-order valence-corrected chi connectivity index (χ2v) is 7.32. The zero-order valence-electron chi connectivity index (χ0n) is 16.2. The van der Waals surface area contributed by atoms with Crippen LogP contribution in [0.5, 0.6) is 5.75 Å². The summed E-state index contributed by atoms with van der Waals surface area (Å²) in [5.41, 5.74) is 1.94. The van der Waals surface area contributed by atoms with Crippen molar-refractivity contribution in [2.24, 2.45) is 0 Å². The van der Waals surface area contributed by atoms with E-state index in [0.717, 1.165) is 37.2 Å². The third-order valence-electron chi connectivity index (χ3n) is 5.64. The van der Waals surface area contributed by atoms with Crippen molar-refractivity contribution in [1.29, 1.82) is 0 Å². The summed E-state index contributed by atoms with van der Waals surface area (Å²) in [5, 5.41) is 3.35. The van der Waals surface area contributed by atoms with Crippen LogP contribution in [-0.2, 0) is 0 Å². The lowest BCUT2D eigenvalue weighted by molar-refractivity contribution is 0.0631. The molecule has 1 N–H and O–H groups in total. The molecule has 0 aromatic heterocycles. The van der Waals surface area contributed by atoms with Crippen LogP contribution in [0.25, 0.3) is 0 Å². The van der Waals surface area contributed by atoms with E-state index in [1.54, 1.807) is 19.2 Å². The van der Waals surface area contributed by atoms with E-state index in [2.05, 4.69) is 5.32 Å². The van der Waals surface area contributed by atoms with E-state index < -0.39 is 0 Å². The van der Waals surface area contributed by atoms with Crippen molar-refractivity contribution in [3.05, 3.63) is 59.4 Å². The van der Waals surface area contributed by atoms with E-state index in [-0.39, 0.29) is 17.8 Å². The molecule has 2 heterocycles. The summed E-state index contributed by atoms with van der Waals surface area (Å²) >= 11 is 0. The smallest absolute Gasteiger partial charge is 0.254 e. The Hall–Kier alpha value is -2.60. The summed E-state index contributed by atoms with van der Waals surface area (Å²) in [6, 6.07) is 12.5. The number of piperazine rings is 1. The molecule has 2 aliphatic heterocycles. The molecule has 148 valence electrons. The highest BCUT2D eigenvalue weighted by molar-refractivity contribution is 5.95. The molecule has 28 heavy (non-hydrogen) atoms. The molecule has 2 aromatic carbocycles. The van der Waals surface area contributed by atoms with Gasteiger partial charge in [-0.25, -0.2) is 4.39 Å². The molecular weight excluding hydrogens is 357 g/mol. The molecule has 0 bridgehead atoms. The molecule has 4 rings (SSSR count). The first-order chi connectivity index (χ1) is 13.7. The second-order valence-electron chi connectivity index (χ2n) is 7.32. The molecule has 0 radical (unpaired) electrons. The lowest BCUT2D eigenvalue weighted by atomic mass is 10.0. The number of hydrogen-bond acceptors (Lipinski definition) is 4. The Morgan fingerprint density at radius 1 is 1.14 bits per heavy atom. The van der Waals surface area contributed by atoms with Gasteiger partial charge in [-0.15, -0.1) is 0 Å². The summed E-state index contributed by atoms with van der Waals surface area (Å²) in [6.45, 7) is 3.67. The van der Waals surface area contributed by atoms with Crippen molar-refractivity contribution in [1.82, 2.24) is 10.2 Å². The average molecular weight is 383 g/mol. The molecule has 2 aromatic rings. The first-order valence-electron chi connectivity index (χ1n) is 9.88. The van der Waals surface area contributed by atoms with E-state index in [1.165, 1.54) is 6.07 Å². The highest BCUT2D eigenvalue weighted by Gasteiger charge is 2.31. The Morgan fingerprint density at radius 2 is 1.93 bits per heavy atom. The van der Waals surface area contributed by atoms with E-state index in [4.69, 9.17) is 4.74 Å². The first-order valence-corrected chi connectivity index (χ1v) is 9.88. The Bertz CT molecular complexity index is 851. The zero-order valence-corrected chi connectivity index (χ0v) is 16.2. The van der Waals surface area contributed by atoms with Gasteiger partial charge in [0.2, 0.25) is 0 Å². The zero-order chi connectivity index (χ0) is 19.5. The quantitative estimate of drug-likeness (QED) is 0.881. The number of halogens is 1. The van der Waals surface area contributed by atoms with Crippen LogP contribution in [0, 0.1) is 5.82 Å². The maximum atomic E-state index is 14.7. The van der Waals surface area contributed by atoms with E-state index >= 15 is 0 Å². The summed E-state index contributed by atoms with van der Waals surface area (Å²) in [4.78, 5) is 17.1. The Labute approximate surface area is 165 Å². The lowest BCUT2D eigenvalue weighted by Gasteiger charge is -2.37. The molecule has 0 spiro atoms. The van der Waals surface area contributed by atoms with Gasteiger partial charge in [0.1, 0.15) is 11.6 Å². The Balaban J connectivity index is 1.61. The van der Waals surface area contributed by atoms with Crippen molar-refractivity contribution < 1.29 is 13.9 Å².